The average molecular weight is 279 g/mol. The van der Waals surface area contributed by atoms with Gasteiger partial charge in [0, 0.05) is 10.7 Å². The zero-order valence-corrected chi connectivity index (χ0v) is 10.4. The van der Waals surface area contributed by atoms with Crippen LogP contribution in [0.4, 0.5) is 13.2 Å². The van der Waals surface area contributed by atoms with Crippen LogP contribution in [0.2, 0.25) is 0 Å². The maximum atomic E-state index is 12.7. The first kappa shape index (κ1) is 14.1. The lowest BCUT2D eigenvalue weighted by Crippen LogP contribution is -2.42. The third-order valence-corrected chi connectivity index (χ3v) is 4.87. The van der Waals surface area contributed by atoms with Gasteiger partial charge in [-0.15, -0.1) is 0 Å². The van der Waals surface area contributed by atoms with Gasteiger partial charge < -0.3 is 0 Å². The summed E-state index contributed by atoms with van der Waals surface area (Å²) in [6, 6.07) is 0. The third-order valence-electron chi connectivity index (χ3n) is 3.03. The van der Waals surface area contributed by atoms with Crippen molar-refractivity contribution in [1.82, 2.24) is 0 Å². The summed E-state index contributed by atoms with van der Waals surface area (Å²) in [7, 11) is 0.319. The Labute approximate surface area is 97.6 Å². The topological polar surface area (TPSA) is 34.1 Å². The molecular weight excluding hydrogens is 265 g/mol. The molecule has 1 aliphatic carbocycles. The fourth-order valence-electron chi connectivity index (χ4n) is 2.41. The van der Waals surface area contributed by atoms with Crippen molar-refractivity contribution < 1.29 is 21.6 Å². The second kappa shape index (κ2) is 4.72. The summed E-state index contributed by atoms with van der Waals surface area (Å²) >= 11 is 0. The number of rotatable bonds is 2. The van der Waals surface area contributed by atoms with Crippen LogP contribution in [0, 0.1) is 11.8 Å². The first-order valence-electron chi connectivity index (χ1n) is 5.12. The van der Waals surface area contributed by atoms with Crippen molar-refractivity contribution in [3.63, 3.8) is 0 Å². The predicted octanol–water partition coefficient (Wildman–Crippen LogP) is 3.31. The second-order valence-corrected chi connectivity index (χ2v) is 7.22. The van der Waals surface area contributed by atoms with Crippen molar-refractivity contribution in [3.8, 4) is 0 Å². The Morgan fingerprint density at radius 1 is 1.31 bits per heavy atom. The molecule has 0 aromatic rings. The van der Waals surface area contributed by atoms with Crippen molar-refractivity contribution in [2.24, 2.45) is 11.8 Å². The van der Waals surface area contributed by atoms with Crippen LogP contribution in [0.15, 0.2) is 0 Å². The zero-order chi connectivity index (χ0) is 12.6. The lowest BCUT2D eigenvalue weighted by molar-refractivity contribution is -0.142. The van der Waals surface area contributed by atoms with Crippen LogP contribution >= 0.6 is 10.7 Å². The van der Waals surface area contributed by atoms with Crippen molar-refractivity contribution in [1.29, 1.82) is 0 Å². The standard InChI is InChI=1S/C9H14ClF3O2S/c1-6-3-2-4-7(5-6)8(9(11,12)13)16(10,14)15/h6-8H,2-5H2,1H3. The van der Waals surface area contributed by atoms with Gasteiger partial charge in [-0.05, 0) is 24.7 Å². The lowest BCUT2D eigenvalue weighted by Gasteiger charge is -2.32. The second-order valence-electron chi connectivity index (χ2n) is 4.47. The molecule has 1 rings (SSSR count). The summed E-state index contributed by atoms with van der Waals surface area (Å²) in [5.74, 6) is -0.770. The molecule has 0 radical (unpaired) electrons. The van der Waals surface area contributed by atoms with Crippen LogP contribution < -0.4 is 0 Å². The molecule has 3 atom stereocenters. The molecule has 1 fully saturated rings. The maximum Gasteiger partial charge on any atom is 0.407 e. The van der Waals surface area contributed by atoms with Crippen molar-refractivity contribution in [3.05, 3.63) is 0 Å². The van der Waals surface area contributed by atoms with E-state index in [-0.39, 0.29) is 18.8 Å². The zero-order valence-electron chi connectivity index (χ0n) is 8.80. The number of hydrogen-bond acceptors (Lipinski definition) is 2. The molecule has 1 saturated carbocycles. The van der Waals surface area contributed by atoms with Gasteiger partial charge in [0.05, 0.1) is 0 Å². The third kappa shape index (κ3) is 3.52. The molecule has 16 heavy (non-hydrogen) atoms. The van der Waals surface area contributed by atoms with Gasteiger partial charge in [0.1, 0.15) is 0 Å². The number of hydrogen-bond donors (Lipinski definition) is 0. The smallest absolute Gasteiger partial charge is 0.212 e. The highest BCUT2D eigenvalue weighted by Gasteiger charge is 2.52. The van der Waals surface area contributed by atoms with E-state index in [0.29, 0.717) is 6.42 Å². The Hall–Kier alpha value is 0.0300. The molecule has 2 nitrogen and oxygen atoms in total. The first-order chi connectivity index (χ1) is 7.12. The van der Waals surface area contributed by atoms with Gasteiger partial charge in [0.25, 0.3) is 0 Å². The molecular formula is C9H14ClF3O2S. The molecule has 0 N–H and O–H groups in total. The summed E-state index contributed by atoms with van der Waals surface area (Å²) in [6.07, 6.45) is -2.74. The summed E-state index contributed by atoms with van der Waals surface area (Å²) in [4.78, 5) is 0. The molecule has 0 aliphatic heterocycles. The van der Waals surface area contributed by atoms with Crippen LogP contribution in [0.5, 0.6) is 0 Å². The average Bonchev–Trinajstić information content (AvgIpc) is 1.97. The van der Waals surface area contributed by atoms with E-state index in [1.165, 1.54) is 0 Å². The van der Waals surface area contributed by atoms with Crippen LogP contribution in [0.1, 0.15) is 32.6 Å². The summed E-state index contributed by atoms with van der Waals surface area (Å²) < 4.78 is 60.1. The quantitative estimate of drug-likeness (QED) is 0.726. The van der Waals surface area contributed by atoms with Gasteiger partial charge in [-0.3, -0.25) is 0 Å². The summed E-state index contributed by atoms with van der Waals surface area (Å²) in [5, 5.41) is -2.41. The van der Waals surface area contributed by atoms with Gasteiger partial charge in [-0.25, -0.2) is 8.42 Å². The van der Waals surface area contributed by atoms with Crippen LogP contribution in [0.3, 0.4) is 0 Å². The first-order valence-corrected chi connectivity index (χ1v) is 7.50. The van der Waals surface area contributed by atoms with E-state index in [1.54, 1.807) is 0 Å². The Bertz CT molecular complexity index is 339. The molecule has 0 aromatic heterocycles. The monoisotopic (exact) mass is 278 g/mol. The minimum absolute atomic E-state index is 0.127. The van der Waals surface area contributed by atoms with Gasteiger partial charge >= 0.3 is 6.18 Å². The molecule has 96 valence electrons. The number of alkyl halides is 3. The maximum absolute atomic E-state index is 12.7. The minimum Gasteiger partial charge on any atom is -0.212 e. The highest BCUT2D eigenvalue weighted by molar-refractivity contribution is 8.14. The van der Waals surface area contributed by atoms with Crippen LogP contribution in [-0.2, 0) is 9.05 Å². The van der Waals surface area contributed by atoms with Crippen molar-refractivity contribution >= 4 is 19.7 Å². The molecule has 0 bridgehead atoms. The molecule has 0 spiro atoms. The van der Waals surface area contributed by atoms with Gasteiger partial charge in [0.2, 0.25) is 9.05 Å². The van der Waals surface area contributed by atoms with E-state index < -0.39 is 26.4 Å². The largest absolute Gasteiger partial charge is 0.407 e. The Balaban J connectivity index is 2.94. The predicted molar refractivity (Wildman–Crippen MR) is 55.7 cm³/mol. The van der Waals surface area contributed by atoms with E-state index >= 15 is 0 Å². The fourth-order valence-corrected chi connectivity index (χ4v) is 4.18. The highest BCUT2D eigenvalue weighted by atomic mass is 35.7. The van der Waals surface area contributed by atoms with E-state index in [0.717, 1.165) is 6.42 Å². The molecule has 0 aromatic carbocycles. The Morgan fingerprint density at radius 2 is 1.88 bits per heavy atom. The molecule has 7 heteroatoms. The molecule has 0 saturated heterocycles. The molecule has 0 amide bonds. The van der Waals surface area contributed by atoms with Gasteiger partial charge in [-0.1, -0.05) is 19.8 Å². The van der Waals surface area contributed by atoms with Crippen LogP contribution in [0.25, 0.3) is 0 Å². The highest BCUT2D eigenvalue weighted by Crippen LogP contribution is 2.41. The van der Waals surface area contributed by atoms with E-state index in [2.05, 4.69) is 0 Å². The molecule has 1 aliphatic rings. The Morgan fingerprint density at radius 3 is 2.25 bits per heavy atom. The van der Waals surface area contributed by atoms with E-state index in [1.807, 2.05) is 6.92 Å². The molecule has 3 unspecified atom stereocenters. The van der Waals surface area contributed by atoms with Crippen molar-refractivity contribution in [2.75, 3.05) is 0 Å². The van der Waals surface area contributed by atoms with E-state index in [9.17, 15) is 21.6 Å². The van der Waals surface area contributed by atoms with Crippen molar-refractivity contribution in [2.45, 2.75) is 44.0 Å². The molecule has 0 heterocycles. The summed E-state index contributed by atoms with van der Waals surface area (Å²) in [6.45, 7) is 1.83. The minimum atomic E-state index is -4.78. The lowest BCUT2D eigenvalue weighted by atomic mass is 9.80. The van der Waals surface area contributed by atoms with Gasteiger partial charge in [-0.2, -0.15) is 13.2 Å². The fraction of sp³-hybridized carbons (Fsp3) is 1.00. The van der Waals surface area contributed by atoms with Gasteiger partial charge in [0.15, 0.2) is 5.25 Å². The van der Waals surface area contributed by atoms with E-state index in [4.69, 9.17) is 10.7 Å². The van der Waals surface area contributed by atoms with Crippen LogP contribution in [-0.4, -0.2) is 19.8 Å². The number of halogens is 4. The normalized spacial score (nSPS) is 30.1. The summed E-state index contributed by atoms with van der Waals surface area (Å²) in [5.41, 5.74) is 0. The SMILES string of the molecule is CC1CCCC(C(C(F)(F)F)S(=O)(=O)Cl)C1. The Kier molecular flexibility index (Phi) is 4.16.